The predicted molar refractivity (Wildman–Crippen MR) is 64.9 cm³/mol. The normalized spacial score (nSPS) is 24.1. The van der Waals surface area contributed by atoms with E-state index in [-0.39, 0.29) is 5.91 Å². The van der Waals surface area contributed by atoms with E-state index in [1.807, 2.05) is 6.92 Å². The number of aryl methyl sites for hydroxylation is 1. The maximum absolute atomic E-state index is 12.0. The van der Waals surface area contributed by atoms with Crippen molar-refractivity contribution >= 4 is 18.2 Å². The molecule has 1 saturated heterocycles. The number of hydrogen-bond donors (Lipinski definition) is 1. The summed E-state index contributed by atoms with van der Waals surface area (Å²) in [7, 11) is 1.78. The van der Waals surface area contributed by atoms with Gasteiger partial charge in [0, 0.05) is 18.8 Å². The maximum Gasteiger partial charge on any atom is 0.346 e. The van der Waals surface area contributed by atoms with Crippen LogP contribution in [0.3, 0.4) is 0 Å². The number of hydrogen-bond acceptors (Lipinski definition) is 4. The number of amides is 3. The number of carbonyl (C=O) groups is 2. The first-order valence-electron chi connectivity index (χ1n) is 5.65. The summed E-state index contributed by atoms with van der Waals surface area (Å²) in [5.74, 6) is -0.338. The molecule has 1 N–H and O–H groups in total. The van der Waals surface area contributed by atoms with Crippen molar-refractivity contribution in [2.45, 2.75) is 25.8 Å². The quantitative estimate of drug-likeness (QED) is 0.624. The first kappa shape index (κ1) is 12.3. The van der Waals surface area contributed by atoms with Crippen molar-refractivity contribution in [3.63, 3.8) is 0 Å². The summed E-state index contributed by atoms with van der Waals surface area (Å²) in [5, 5.41) is 11.4. The van der Waals surface area contributed by atoms with Crippen LogP contribution in [0.15, 0.2) is 17.5 Å². The van der Waals surface area contributed by atoms with Gasteiger partial charge in [-0.1, -0.05) is 6.92 Å². The second kappa shape index (κ2) is 4.25. The molecule has 2 rings (SSSR count). The molecule has 0 aromatic carbocycles. The lowest BCUT2D eigenvalue weighted by Crippen LogP contribution is -2.42. The van der Waals surface area contributed by atoms with Gasteiger partial charge in [-0.15, -0.1) is 5.01 Å². The van der Waals surface area contributed by atoms with E-state index in [4.69, 9.17) is 0 Å². The topological polar surface area (TPSA) is 79.6 Å². The number of aromatic nitrogens is 2. The van der Waals surface area contributed by atoms with Crippen molar-refractivity contribution in [2.75, 3.05) is 0 Å². The average molecular weight is 249 g/mol. The molecule has 1 aliphatic rings. The molecule has 1 aliphatic heterocycles. The van der Waals surface area contributed by atoms with Gasteiger partial charge >= 0.3 is 6.03 Å². The van der Waals surface area contributed by atoms with Gasteiger partial charge in [-0.3, -0.25) is 9.48 Å². The van der Waals surface area contributed by atoms with Crippen molar-refractivity contribution in [3.05, 3.63) is 18.0 Å². The molecule has 7 heteroatoms. The first-order chi connectivity index (χ1) is 8.46. The van der Waals surface area contributed by atoms with E-state index in [1.54, 1.807) is 31.0 Å². The van der Waals surface area contributed by atoms with Crippen molar-refractivity contribution < 1.29 is 9.59 Å². The van der Waals surface area contributed by atoms with E-state index in [0.717, 1.165) is 10.6 Å². The molecule has 18 heavy (non-hydrogen) atoms. The maximum atomic E-state index is 12.0. The Labute approximate surface area is 104 Å². The Morgan fingerprint density at radius 3 is 2.78 bits per heavy atom. The van der Waals surface area contributed by atoms with Crippen LogP contribution >= 0.6 is 0 Å². The second-order valence-corrected chi connectivity index (χ2v) is 4.42. The van der Waals surface area contributed by atoms with Crippen LogP contribution in [0.2, 0.25) is 0 Å². The third kappa shape index (κ3) is 1.99. The number of hydrazone groups is 1. The molecule has 1 aromatic rings. The molecule has 2 heterocycles. The van der Waals surface area contributed by atoms with Gasteiger partial charge in [0.2, 0.25) is 0 Å². The van der Waals surface area contributed by atoms with E-state index in [9.17, 15) is 9.59 Å². The largest absolute Gasteiger partial charge is 0.346 e. The zero-order valence-corrected chi connectivity index (χ0v) is 10.5. The SMILES string of the molecule is CCC1(C)NC(=O)N(/N=C/c2cnn(C)c2)C1=O. The molecule has 96 valence electrons. The highest BCUT2D eigenvalue weighted by atomic mass is 16.2. The Bertz CT molecular complexity index is 521. The van der Waals surface area contributed by atoms with Gasteiger partial charge < -0.3 is 5.32 Å². The third-order valence-electron chi connectivity index (χ3n) is 2.99. The molecule has 1 atom stereocenters. The monoisotopic (exact) mass is 249 g/mol. The van der Waals surface area contributed by atoms with Gasteiger partial charge in [0.15, 0.2) is 0 Å². The number of imide groups is 1. The van der Waals surface area contributed by atoms with Crippen LogP contribution < -0.4 is 5.32 Å². The summed E-state index contributed by atoms with van der Waals surface area (Å²) < 4.78 is 1.61. The van der Waals surface area contributed by atoms with Crippen LogP contribution in [0.1, 0.15) is 25.8 Å². The molecule has 0 radical (unpaired) electrons. The third-order valence-corrected chi connectivity index (χ3v) is 2.99. The summed E-state index contributed by atoms with van der Waals surface area (Å²) >= 11 is 0. The van der Waals surface area contributed by atoms with Crippen LogP contribution in [-0.2, 0) is 11.8 Å². The number of rotatable bonds is 3. The Morgan fingerprint density at radius 1 is 1.56 bits per heavy atom. The zero-order chi connectivity index (χ0) is 13.3. The minimum Gasteiger partial charge on any atom is -0.322 e. The van der Waals surface area contributed by atoms with Gasteiger partial charge in [-0.2, -0.15) is 10.2 Å². The standard InChI is InChI=1S/C11H15N5O2/c1-4-11(2)9(17)16(10(18)14-11)13-6-8-5-12-15(3)7-8/h5-7H,4H2,1-3H3,(H,14,18)/b13-6+. The van der Waals surface area contributed by atoms with E-state index in [1.165, 1.54) is 6.21 Å². The molecular weight excluding hydrogens is 234 g/mol. The Morgan fingerprint density at radius 2 is 2.28 bits per heavy atom. The van der Waals surface area contributed by atoms with E-state index in [0.29, 0.717) is 6.42 Å². The van der Waals surface area contributed by atoms with Crippen LogP contribution in [0.4, 0.5) is 4.79 Å². The van der Waals surface area contributed by atoms with E-state index in [2.05, 4.69) is 15.5 Å². The van der Waals surface area contributed by atoms with Gasteiger partial charge in [0.1, 0.15) is 5.54 Å². The first-order valence-corrected chi connectivity index (χ1v) is 5.65. The van der Waals surface area contributed by atoms with Gasteiger partial charge in [-0.05, 0) is 13.3 Å². The molecule has 0 saturated carbocycles. The minimum absolute atomic E-state index is 0.338. The molecule has 1 fully saturated rings. The summed E-state index contributed by atoms with van der Waals surface area (Å²) in [5.41, 5.74) is -0.133. The van der Waals surface area contributed by atoms with Crippen LogP contribution in [0.25, 0.3) is 0 Å². The van der Waals surface area contributed by atoms with Crippen LogP contribution in [0.5, 0.6) is 0 Å². The summed E-state index contributed by atoms with van der Waals surface area (Å²) in [6.07, 6.45) is 5.30. The zero-order valence-electron chi connectivity index (χ0n) is 10.5. The van der Waals surface area contributed by atoms with Crippen molar-refractivity contribution in [2.24, 2.45) is 12.1 Å². The molecule has 3 amide bonds. The highest BCUT2D eigenvalue weighted by Gasteiger charge is 2.46. The highest BCUT2D eigenvalue weighted by Crippen LogP contribution is 2.20. The molecule has 7 nitrogen and oxygen atoms in total. The second-order valence-electron chi connectivity index (χ2n) is 4.42. The van der Waals surface area contributed by atoms with Crippen molar-refractivity contribution in [1.29, 1.82) is 0 Å². The highest BCUT2D eigenvalue weighted by molar-refractivity contribution is 6.07. The lowest BCUT2D eigenvalue weighted by molar-refractivity contribution is -0.130. The number of nitrogens with zero attached hydrogens (tertiary/aromatic N) is 4. The molecule has 0 bridgehead atoms. The molecular formula is C11H15N5O2. The van der Waals surface area contributed by atoms with Gasteiger partial charge in [-0.25, -0.2) is 4.79 Å². The Balaban J connectivity index is 2.17. The van der Waals surface area contributed by atoms with Crippen LogP contribution in [-0.4, -0.2) is 38.5 Å². The Kier molecular flexibility index (Phi) is 2.90. The van der Waals surface area contributed by atoms with Gasteiger partial charge in [0.25, 0.3) is 5.91 Å². The van der Waals surface area contributed by atoms with E-state index < -0.39 is 11.6 Å². The summed E-state index contributed by atoms with van der Waals surface area (Å²) in [4.78, 5) is 23.6. The molecule has 0 aliphatic carbocycles. The summed E-state index contributed by atoms with van der Waals surface area (Å²) in [6, 6.07) is -0.496. The van der Waals surface area contributed by atoms with Crippen molar-refractivity contribution in [3.8, 4) is 0 Å². The molecule has 1 aromatic heterocycles. The number of carbonyl (C=O) groups excluding carboxylic acids is 2. The number of nitrogens with one attached hydrogen (secondary N) is 1. The van der Waals surface area contributed by atoms with Gasteiger partial charge in [0.05, 0.1) is 12.4 Å². The lowest BCUT2D eigenvalue weighted by Gasteiger charge is -2.17. The molecule has 0 spiro atoms. The van der Waals surface area contributed by atoms with Crippen molar-refractivity contribution in [1.82, 2.24) is 20.1 Å². The molecule has 1 unspecified atom stereocenters. The summed E-state index contributed by atoms with van der Waals surface area (Å²) in [6.45, 7) is 3.53. The fourth-order valence-electron chi connectivity index (χ4n) is 1.64. The van der Waals surface area contributed by atoms with Crippen LogP contribution in [0, 0.1) is 0 Å². The van der Waals surface area contributed by atoms with E-state index >= 15 is 0 Å². The predicted octanol–water partition coefficient (Wildman–Crippen LogP) is 0.474. The fourth-order valence-corrected chi connectivity index (χ4v) is 1.64. The minimum atomic E-state index is -0.858. The number of urea groups is 1. The average Bonchev–Trinajstić information content (AvgIpc) is 2.82. The lowest BCUT2D eigenvalue weighted by atomic mass is 10.00. The smallest absolute Gasteiger partial charge is 0.322 e. The fraction of sp³-hybridized carbons (Fsp3) is 0.455. The Hall–Kier alpha value is -2.18.